The molecule has 0 aromatic heterocycles. The number of carbonyl (C=O) groups excluding carboxylic acids is 3. The number of rotatable bonds is 16. The summed E-state index contributed by atoms with van der Waals surface area (Å²) in [5.74, 6) is -4.28. The molecule has 1 aromatic carbocycles. The average molecular weight is 513 g/mol. The summed E-state index contributed by atoms with van der Waals surface area (Å²) in [6.07, 6.45) is 1.61. The Morgan fingerprint density at radius 3 is 2.00 bits per heavy atom. The molecule has 0 aliphatic rings. The molecule has 0 aliphatic carbocycles. The zero-order chi connectivity index (χ0) is 26.4. The van der Waals surface area contributed by atoms with Gasteiger partial charge in [-0.1, -0.05) is 30.3 Å². The van der Waals surface area contributed by atoms with Crippen molar-refractivity contribution in [2.24, 2.45) is 5.73 Å². The number of hydrogen-bond donors (Lipinski definition) is 7. The lowest BCUT2D eigenvalue weighted by Gasteiger charge is -2.25. The molecule has 3 amide bonds. The molecular weight excluding hydrogens is 480 g/mol. The average Bonchev–Trinajstić information content (AvgIpc) is 2.82. The number of aliphatic carboxylic acids is 2. The number of aliphatic hydroxyl groups excluding tert-OH is 1. The lowest BCUT2D eigenvalue weighted by atomic mass is 10.0. The first-order valence-electron chi connectivity index (χ1n) is 10.8. The standard InChI is InChI=1S/C22H32N4O8S/c1-35-10-9-15(24-19(30)14(23)7-8-18(28)29)20(31)25-16(11-13-5-3-2-4-6-13)21(32)26-17(12-27)22(33)34/h2-6,14-17,27H,7-12,23H2,1H3,(H,24,30)(H,25,31)(H,26,32)(H,28,29)(H,33,34). The summed E-state index contributed by atoms with van der Waals surface area (Å²) in [7, 11) is 0. The molecular formula is C22H32N4O8S. The van der Waals surface area contributed by atoms with Crippen LogP contribution in [0, 0.1) is 0 Å². The van der Waals surface area contributed by atoms with Crippen LogP contribution in [0.4, 0.5) is 0 Å². The highest BCUT2D eigenvalue weighted by Gasteiger charge is 2.30. The van der Waals surface area contributed by atoms with Crippen LogP contribution in [0.15, 0.2) is 30.3 Å². The van der Waals surface area contributed by atoms with Crippen molar-refractivity contribution < 1.29 is 39.3 Å². The quantitative estimate of drug-likeness (QED) is 0.139. The first-order valence-corrected chi connectivity index (χ1v) is 12.2. The molecule has 0 heterocycles. The molecule has 4 atom stereocenters. The van der Waals surface area contributed by atoms with Gasteiger partial charge >= 0.3 is 11.9 Å². The van der Waals surface area contributed by atoms with E-state index in [1.807, 2.05) is 6.26 Å². The van der Waals surface area contributed by atoms with Gasteiger partial charge in [0.15, 0.2) is 0 Å². The smallest absolute Gasteiger partial charge is 0.328 e. The molecule has 0 aliphatic heterocycles. The zero-order valence-electron chi connectivity index (χ0n) is 19.3. The van der Waals surface area contributed by atoms with Gasteiger partial charge in [0.05, 0.1) is 12.6 Å². The summed E-state index contributed by atoms with van der Waals surface area (Å²) in [4.78, 5) is 60.2. The van der Waals surface area contributed by atoms with Crippen LogP contribution in [0.5, 0.6) is 0 Å². The van der Waals surface area contributed by atoms with Crippen molar-refractivity contribution in [3.8, 4) is 0 Å². The summed E-state index contributed by atoms with van der Waals surface area (Å²) < 4.78 is 0. The summed E-state index contributed by atoms with van der Waals surface area (Å²) in [6.45, 7) is -0.840. The van der Waals surface area contributed by atoms with Gasteiger partial charge in [0.2, 0.25) is 17.7 Å². The number of carbonyl (C=O) groups is 5. The molecule has 1 aromatic rings. The monoisotopic (exact) mass is 512 g/mol. The van der Waals surface area contributed by atoms with Crippen LogP contribution in [-0.2, 0) is 30.4 Å². The molecule has 1 rings (SSSR count). The van der Waals surface area contributed by atoms with Crippen molar-refractivity contribution in [1.82, 2.24) is 16.0 Å². The largest absolute Gasteiger partial charge is 0.481 e. The number of carboxylic acids is 2. The van der Waals surface area contributed by atoms with Crippen LogP contribution in [0.3, 0.4) is 0 Å². The Hall–Kier alpha value is -3.16. The van der Waals surface area contributed by atoms with Crippen molar-refractivity contribution >= 4 is 41.4 Å². The van der Waals surface area contributed by atoms with Crippen molar-refractivity contribution in [3.05, 3.63) is 35.9 Å². The van der Waals surface area contributed by atoms with Gasteiger partial charge < -0.3 is 37.0 Å². The van der Waals surface area contributed by atoms with E-state index in [4.69, 9.17) is 15.9 Å². The van der Waals surface area contributed by atoms with E-state index in [2.05, 4.69) is 16.0 Å². The van der Waals surface area contributed by atoms with Gasteiger partial charge in [-0.15, -0.1) is 0 Å². The van der Waals surface area contributed by atoms with Crippen LogP contribution >= 0.6 is 11.8 Å². The highest BCUT2D eigenvalue weighted by Crippen LogP contribution is 2.07. The number of hydrogen-bond acceptors (Lipinski definition) is 8. The third-order valence-corrected chi connectivity index (χ3v) is 5.61. The Morgan fingerprint density at radius 2 is 1.46 bits per heavy atom. The highest BCUT2D eigenvalue weighted by molar-refractivity contribution is 7.98. The fourth-order valence-corrected chi connectivity index (χ4v) is 3.45. The molecule has 35 heavy (non-hydrogen) atoms. The third kappa shape index (κ3) is 11.2. The van der Waals surface area contributed by atoms with Gasteiger partial charge in [0.25, 0.3) is 0 Å². The van der Waals surface area contributed by atoms with Gasteiger partial charge in [0, 0.05) is 12.8 Å². The highest BCUT2D eigenvalue weighted by atomic mass is 32.2. The number of benzene rings is 1. The van der Waals surface area contributed by atoms with Crippen LogP contribution in [0.2, 0.25) is 0 Å². The third-order valence-electron chi connectivity index (χ3n) is 4.96. The Labute approximate surface area is 207 Å². The summed E-state index contributed by atoms with van der Waals surface area (Å²) in [6, 6.07) is 3.73. The molecule has 4 unspecified atom stereocenters. The Morgan fingerprint density at radius 1 is 0.886 bits per heavy atom. The molecule has 0 fully saturated rings. The number of aliphatic hydroxyl groups is 1. The van der Waals surface area contributed by atoms with Gasteiger partial charge in [0.1, 0.15) is 18.1 Å². The van der Waals surface area contributed by atoms with Gasteiger partial charge in [-0.05, 0) is 30.4 Å². The van der Waals surface area contributed by atoms with Crippen molar-refractivity contribution in [1.29, 1.82) is 0 Å². The Bertz CT molecular complexity index is 870. The van der Waals surface area contributed by atoms with Crippen LogP contribution in [0.25, 0.3) is 0 Å². The molecule has 0 saturated heterocycles. The van der Waals surface area contributed by atoms with Crippen LogP contribution in [0.1, 0.15) is 24.8 Å². The number of carboxylic acid groups (broad SMARTS) is 2. The SMILES string of the molecule is CSCCC(NC(=O)C(N)CCC(=O)O)C(=O)NC(Cc1ccccc1)C(=O)NC(CO)C(=O)O. The minimum atomic E-state index is -1.56. The van der Waals surface area contributed by atoms with Gasteiger partial charge in [-0.25, -0.2) is 4.79 Å². The molecule has 0 spiro atoms. The fourth-order valence-electron chi connectivity index (χ4n) is 2.98. The number of thioether (sulfide) groups is 1. The summed E-state index contributed by atoms with van der Waals surface area (Å²) in [5, 5.41) is 34.4. The van der Waals surface area contributed by atoms with E-state index in [-0.39, 0.29) is 25.7 Å². The van der Waals surface area contributed by atoms with E-state index in [0.717, 1.165) is 0 Å². The van der Waals surface area contributed by atoms with E-state index in [0.29, 0.717) is 11.3 Å². The summed E-state index contributed by atoms with van der Waals surface area (Å²) >= 11 is 1.43. The normalized spacial score (nSPS) is 14.1. The van der Waals surface area contributed by atoms with Crippen molar-refractivity contribution in [2.45, 2.75) is 49.9 Å². The predicted octanol–water partition coefficient (Wildman–Crippen LogP) is -1.29. The van der Waals surface area contributed by atoms with E-state index < -0.39 is 60.4 Å². The molecule has 12 nitrogen and oxygen atoms in total. The molecule has 194 valence electrons. The predicted molar refractivity (Wildman–Crippen MR) is 129 cm³/mol. The fraction of sp³-hybridized carbons (Fsp3) is 0.500. The van der Waals surface area contributed by atoms with E-state index in [1.54, 1.807) is 30.3 Å². The molecule has 0 bridgehead atoms. The lowest BCUT2D eigenvalue weighted by molar-refractivity contribution is -0.143. The molecule has 13 heteroatoms. The van der Waals surface area contributed by atoms with Gasteiger partial charge in [-0.3, -0.25) is 19.2 Å². The second-order valence-electron chi connectivity index (χ2n) is 7.71. The van der Waals surface area contributed by atoms with Crippen LogP contribution in [-0.4, -0.2) is 87.8 Å². The van der Waals surface area contributed by atoms with E-state index in [1.165, 1.54) is 11.8 Å². The van der Waals surface area contributed by atoms with Gasteiger partial charge in [-0.2, -0.15) is 11.8 Å². The Balaban J connectivity index is 3.02. The zero-order valence-corrected chi connectivity index (χ0v) is 20.1. The first-order chi connectivity index (χ1) is 16.6. The molecule has 8 N–H and O–H groups in total. The van der Waals surface area contributed by atoms with Crippen molar-refractivity contribution in [3.63, 3.8) is 0 Å². The minimum Gasteiger partial charge on any atom is -0.481 e. The Kier molecular flexibility index (Phi) is 13.4. The maximum Gasteiger partial charge on any atom is 0.328 e. The summed E-state index contributed by atoms with van der Waals surface area (Å²) in [5.41, 5.74) is 6.42. The van der Waals surface area contributed by atoms with E-state index in [9.17, 15) is 29.1 Å². The molecule has 0 saturated carbocycles. The molecule has 0 radical (unpaired) electrons. The topological polar surface area (TPSA) is 208 Å². The van der Waals surface area contributed by atoms with E-state index >= 15 is 0 Å². The maximum atomic E-state index is 13.1. The van der Waals surface area contributed by atoms with Crippen molar-refractivity contribution in [2.75, 3.05) is 18.6 Å². The lowest BCUT2D eigenvalue weighted by Crippen LogP contribution is -2.58. The minimum absolute atomic E-state index is 0.0253. The number of nitrogens with two attached hydrogens (primary N) is 1. The second kappa shape index (κ2) is 15.7. The van der Waals surface area contributed by atoms with Crippen LogP contribution < -0.4 is 21.7 Å². The first kappa shape index (κ1) is 29.9. The number of nitrogens with one attached hydrogen (secondary N) is 3. The maximum absolute atomic E-state index is 13.1. The number of amides is 3. The second-order valence-corrected chi connectivity index (χ2v) is 8.70.